The molecule has 1 amide bonds. The van der Waals surface area contributed by atoms with Crippen molar-refractivity contribution in [2.75, 3.05) is 53.5 Å². The van der Waals surface area contributed by atoms with E-state index in [2.05, 4.69) is 31.0 Å². The summed E-state index contributed by atoms with van der Waals surface area (Å²) in [5, 5.41) is 3.11. The summed E-state index contributed by atoms with van der Waals surface area (Å²) in [4.78, 5) is 17.3. The third-order valence-electron chi connectivity index (χ3n) is 4.39. The molecule has 6 heteroatoms. The van der Waals surface area contributed by atoms with Crippen molar-refractivity contribution in [2.24, 2.45) is 0 Å². The van der Waals surface area contributed by atoms with E-state index in [1.807, 2.05) is 31.3 Å². The molecule has 24 heavy (non-hydrogen) atoms. The van der Waals surface area contributed by atoms with Crippen molar-refractivity contribution in [3.63, 3.8) is 0 Å². The molecule has 134 valence electrons. The highest BCUT2D eigenvalue weighted by Crippen LogP contribution is 2.27. The van der Waals surface area contributed by atoms with Crippen molar-refractivity contribution in [1.82, 2.24) is 15.1 Å². The van der Waals surface area contributed by atoms with E-state index in [0.717, 1.165) is 49.1 Å². The van der Waals surface area contributed by atoms with Crippen LogP contribution < -0.4 is 5.32 Å². The average molecular weight is 398 g/mol. The van der Waals surface area contributed by atoms with Gasteiger partial charge in [0.25, 0.3) is 0 Å². The molecular weight excluding hydrogens is 370 g/mol. The van der Waals surface area contributed by atoms with Gasteiger partial charge in [0.15, 0.2) is 0 Å². The van der Waals surface area contributed by atoms with Gasteiger partial charge in [-0.15, -0.1) is 0 Å². The highest BCUT2D eigenvalue weighted by molar-refractivity contribution is 9.10. The molecule has 1 aromatic carbocycles. The van der Waals surface area contributed by atoms with Gasteiger partial charge in [-0.2, -0.15) is 0 Å². The maximum atomic E-state index is 12.8. The number of amides is 1. The lowest BCUT2D eigenvalue weighted by Gasteiger charge is -2.27. The molecule has 1 fully saturated rings. The normalized spacial score (nSPS) is 16.5. The Bertz CT molecular complexity index is 521. The molecule has 0 unspecified atom stereocenters. The summed E-state index contributed by atoms with van der Waals surface area (Å²) in [6, 6.07) is 7.88. The number of hydrogen-bond acceptors (Lipinski definition) is 4. The van der Waals surface area contributed by atoms with Gasteiger partial charge in [-0.25, -0.2) is 0 Å². The lowest BCUT2D eigenvalue weighted by molar-refractivity contribution is -0.126. The van der Waals surface area contributed by atoms with E-state index in [1.165, 1.54) is 0 Å². The molecule has 1 N–H and O–H groups in total. The summed E-state index contributed by atoms with van der Waals surface area (Å²) in [6.45, 7) is 5.01. The molecule has 1 atom stereocenters. The Morgan fingerprint density at radius 3 is 2.79 bits per heavy atom. The standard InChI is InChI=1S/C18H28BrN3O2/c1-21(12-13-24-2)11-8-20-18(23)17(22-9-3-4-10-22)15-6-5-7-16(19)14-15/h5-7,14,17H,3-4,8-13H2,1-2H3,(H,20,23)/t17-/m0/s1. The number of halogens is 1. The highest BCUT2D eigenvalue weighted by Gasteiger charge is 2.29. The van der Waals surface area contributed by atoms with E-state index in [4.69, 9.17) is 4.74 Å². The third kappa shape index (κ3) is 5.84. The van der Waals surface area contributed by atoms with Gasteiger partial charge in [-0.1, -0.05) is 28.1 Å². The Labute approximate surface area is 153 Å². The first-order valence-corrected chi connectivity index (χ1v) is 9.36. The number of hydrogen-bond donors (Lipinski definition) is 1. The van der Waals surface area contributed by atoms with E-state index in [-0.39, 0.29) is 11.9 Å². The summed E-state index contributed by atoms with van der Waals surface area (Å²) in [6.07, 6.45) is 2.33. The van der Waals surface area contributed by atoms with E-state index in [0.29, 0.717) is 13.2 Å². The Morgan fingerprint density at radius 1 is 1.38 bits per heavy atom. The minimum Gasteiger partial charge on any atom is -0.383 e. The first-order chi connectivity index (χ1) is 11.6. The number of likely N-dealkylation sites (tertiary alicyclic amines) is 1. The van der Waals surface area contributed by atoms with Gasteiger partial charge in [0.1, 0.15) is 6.04 Å². The van der Waals surface area contributed by atoms with Gasteiger partial charge in [-0.05, 0) is 50.7 Å². The van der Waals surface area contributed by atoms with Gasteiger partial charge in [0.2, 0.25) is 5.91 Å². The fourth-order valence-electron chi connectivity index (χ4n) is 3.03. The van der Waals surface area contributed by atoms with Crippen LogP contribution in [0.3, 0.4) is 0 Å². The number of nitrogens with zero attached hydrogens (tertiary/aromatic N) is 2. The van der Waals surface area contributed by atoms with Crippen LogP contribution >= 0.6 is 15.9 Å². The molecule has 0 aliphatic carbocycles. The zero-order valence-electron chi connectivity index (χ0n) is 14.6. The largest absolute Gasteiger partial charge is 0.383 e. The predicted molar refractivity (Wildman–Crippen MR) is 100 cm³/mol. The summed E-state index contributed by atoms with van der Waals surface area (Å²) >= 11 is 3.52. The fourth-order valence-corrected chi connectivity index (χ4v) is 3.45. The first kappa shape index (κ1) is 19.4. The Balaban J connectivity index is 1.95. The predicted octanol–water partition coefficient (Wildman–Crippen LogP) is 2.28. The number of likely N-dealkylation sites (N-methyl/N-ethyl adjacent to an activating group) is 1. The van der Waals surface area contributed by atoms with Crippen molar-refractivity contribution < 1.29 is 9.53 Å². The second-order valence-electron chi connectivity index (χ2n) is 6.29. The molecule has 1 heterocycles. The van der Waals surface area contributed by atoms with Crippen LogP contribution in [0.25, 0.3) is 0 Å². The minimum absolute atomic E-state index is 0.0927. The van der Waals surface area contributed by atoms with E-state index in [1.54, 1.807) is 7.11 Å². The van der Waals surface area contributed by atoms with Crippen molar-refractivity contribution in [3.05, 3.63) is 34.3 Å². The highest BCUT2D eigenvalue weighted by atomic mass is 79.9. The lowest BCUT2D eigenvalue weighted by Crippen LogP contribution is -2.42. The maximum absolute atomic E-state index is 12.8. The number of methoxy groups -OCH3 is 1. The van der Waals surface area contributed by atoms with Crippen molar-refractivity contribution >= 4 is 21.8 Å². The number of benzene rings is 1. The molecule has 0 spiro atoms. The molecule has 2 rings (SSSR count). The zero-order valence-corrected chi connectivity index (χ0v) is 16.2. The van der Waals surface area contributed by atoms with Crippen molar-refractivity contribution in [2.45, 2.75) is 18.9 Å². The summed E-state index contributed by atoms with van der Waals surface area (Å²) in [7, 11) is 3.74. The molecule has 1 aliphatic heterocycles. The van der Waals surface area contributed by atoms with Crippen LogP contribution in [0.15, 0.2) is 28.7 Å². The topological polar surface area (TPSA) is 44.8 Å². The second kappa shape index (κ2) is 10.1. The Hall–Kier alpha value is -0.950. The average Bonchev–Trinajstić information content (AvgIpc) is 3.07. The summed E-state index contributed by atoms with van der Waals surface area (Å²) in [5.41, 5.74) is 1.05. The molecule has 0 saturated carbocycles. The molecule has 1 aromatic rings. The molecule has 1 saturated heterocycles. The van der Waals surface area contributed by atoms with Gasteiger partial charge >= 0.3 is 0 Å². The van der Waals surface area contributed by atoms with Gasteiger partial charge in [0, 0.05) is 31.2 Å². The van der Waals surface area contributed by atoms with E-state index >= 15 is 0 Å². The van der Waals surface area contributed by atoms with Crippen LogP contribution in [-0.4, -0.2) is 69.2 Å². The lowest BCUT2D eigenvalue weighted by atomic mass is 10.0. The van der Waals surface area contributed by atoms with Crippen molar-refractivity contribution in [3.8, 4) is 0 Å². The van der Waals surface area contributed by atoms with Crippen LogP contribution in [0.5, 0.6) is 0 Å². The van der Waals surface area contributed by atoms with Gasteiger partial charge in [-0.3, -0.25) is 9.69 Å². The summed E-state index contributed by atoms with van der Waals surface area (Å²) < 4.78 is 6.09. The number of carbonyl (C=O) groups excluding carboxylic acids is 1. The third-order valence-corrected chi connectivity index (χ3v) is 4.88. The van der Waals surface area contributed by atoms with Crippen LogP contribution in [0, 0.1) is 0 Å². The van der Waals surface area contributed by atoms with Gasteiger partial charge in [0.05, 0.1) is 6.61 Å². The SMILES string of the molecule is COCCN(C)CCNC(=O)[C@H](c1cccc(Br)c1)N1CCCC1. The second-order valence-corrected chi connectivity index (χ2v) is 7.20. The molecule has 1 aliphatic rings. The first-order valence-electron chi connectivity index (χ1n) is 8.56. The maximum Gasteiger partial charge on any atom is 0.242 e. The molecule has 0 aromatic heterocycles. The van der Waals surface area contributed by atoms with E-state index < -0.39 is 0 Å². The number of rotatable bonds is 9. The molecule has 5 nitrogen and oxygen atoms in total. The molecule has 0 radical (unpaired) electrons. The monoisotopic (exact) mass is 397 g/mol. The van der Waals surface area contributed by atoms with Gasteiger partial charge < -0.3 is 15.0 Å². The van der Waals surface area contributed by atoms with Crippen LogP contribution in [-0.2, 0) is 9.53 Å². The zero-order chi connectivity index (χ0) is 17.4. The Kier molecular flexibility index (Phi) is 8.18. The van der Waals surface area contributed by atoms with Crippen LogP contribution in [0.4, 0.5) is 0 Å². The van der Waals surface area contributed by atoms with Crippen LogP contribution in [0.2, 0.25) is 0 Å². The smallest absolute Gasteiger partial charge is 0.242 e. The van der Waals surface area contributed by atoms with E-state index in [9.17, 15) is 4.79 Å². The fraction of sp³-hybridized carbons (Fsp3) is 0.611. The number of nitrogens with one attached hydrogen (secondary N) is 1. The van der Waals surface area contributed by atoms with Crippen molar-refractivity contribution in [1.29, 1.82) is 0 Å². The number of ether oxygens (including phenoxy) is 1. The minimum atomic E-state index is -0.200. The molecular formula is C18H28BrN3O2. The quantitative estimate of drug-likeness (QED) is 0.693. The Morgan fingerprint density at radius 2 is 2.12 bits per heavy atom. The molecule has 0 bridgehead atoms. The number of carbonyl (C=O) groups is 1. The summed E-state index contributed by atoms with van der Waals surface area (Å²) in [5.74, 6) is 0.0927. The van der Waals surface area contributed by atoms with Crippen LogP contribution in [0.1, 0.15) is 24.4 Å².